The van der Waals surface area contributed by atoms with Crippen molar-refractivity contribution in [2.24, 2.45) is 5.73 Å². The van der Waals surface area contributed by atoms with Crippen molar-refractivity contribution >= 4 is 5.91 Å². The van der Waals surface area contributed by atoms with Gasteiger partial charge in [-0.2, -0.15) is 0 Å². The summed E-state index contributed by atoms with van der Waals surface area (Å²) in [5.41, 5.74) is 6.83. The number of hydrogen-bond donors (Lipinski definition) is 2. The minimum absolute atomic E-state index is 0.0488. The molecule has 0 saturated heterocycles. The molecule has 2 unspecified atom stereocenters. The lowest BCUT2D eigenvalue weighted by atomic mass is 10.1. The average Bonchev–Trinajstić information content (AvgIpc) is 2.39. The second-order valence-corrected chi connectivity index (χ2v) is 5.32. The van der Waals surface area contributed by atoms with E-state index in [1.165, 1.54) is 0 Å². The Hall–Kier alpha value is -1.55. The van der Waals surface area contributed by atoms with E-state index in [1.54, 1.807) is 6.92 Å². The maximum atomic E-state index is 12.0. The summed E-state index contributed by atoms with van der Waals surface area (Å²) in [5, 5.41) is 2.95. The monoisotopic (exact) mass is 278 g/mol. The summed E-state index contributed by atoms with van der Waals surface area (Å²) in [6, 6.07) is 7.68. The van der Waals surface area contributed by atoms with Crippen LogP contribution < -0.4 is 15.8 Å². The van der Waals surface area contributed by atoms with Crippen LogP contribution in [0.15, 0.2) is 24.3 Å². The fourth-order valence-electron chi connectivity index (χ4n) is 1.99. The Kier molecular flexibility index (Phi) is 6.52. The predicted molar refractivity (Wildman–Crippen MR) is 81.6 cm³/mol. The molecule has 1 amide bonds. The second-order valence-electron chi connectivity index (χ2n) is 5.32. The summed E-state index contributed by atoms with van der Waals surface area (Å²) in [5.74, 6) is 0.586. The first kappa shape index (κ1) is 16.5. The van der Waals surface area contributed by atoms with Gasteiger partial charge in [0.25, 0.3) is 5.91 Å². The quantitative estimate of drug-likeness (QED) is 0.806. The first-order valence-corrected chi connectivity index (χ1v) is 7.26. The molecule has 0 bridgehead atoms. The standard InChI is InChI=1S/C16H26N2O2/c1-5-7-11(2)18-16(19)13(4)20-15-9-6-8-14(10-15)12(3)17/h6,8-13H,5,7,17H2,1-4H3,(H,18,19)/t11?,12-,13?/m1/s1. The highest BCUT2D eigenvalue weighted by molar-refractivity contribution is 5.80. The van der Waals surface area contributed by atoms with Crippen molar-refractivity contribution in [3.8, 4) is 5.75 Å². The molecule has 1 aromatic carbocycles. The number of rotatable bonds is 7. The van der Waals surface area contributed by atoms with Gasteiger partial charge < -0.3 is 15.8 Å². The van der Waals surface area contributed by atoms with Gasteiger partial charge in [-0.25, -0.2) is 0 Å². The lowest BCUT2D eigenvalue weighted by molar-refractivity contribution is -0.127. The first-order valence-electron chi connectivity index (χ1n) is 7.26. The Morgan fingerprint density at radius 1 is 1.35 bits per heavy atom. The highest BCUT2D eigenvalue weighted by Crippen LogP contribution is 2.18. The number of nitrogens with one attached hydrogen (secondary N) is 1. The zero-order valence-corrected chi connectivity index (χ0v) is 12.8. The van der Waals surface area contributed by atoms with E-state index in [-0.39, 0.29) is 18.0 Å². The van der Waals surface area contributed by atoms with Gasteiger partial charge in [-0.15, -0.1) is 0 Å². The van der Waals surface area contributed by atoms with Crippen LogP contribution >= 0.6 is 0 Å². The fraction of sp³-hybridized carbons (Fsp3) is 0.562. The van der Waals surface area contributed by atoms with Gasteiger partial charge in [0.15, 0.2) is 6.10 Å². The molecule has 1 aromatic rings. The van der Waals surface area contributed by atoms with E-state index in [4.69, 9.17) is 10.5 Å². The molecule has 0 radical (unpaired) electrons. The number of hydrogen-bond acceptors (Lipinski definition) is 3. The third-order valence-corrected chi connectivity index (χ3v) is 3.18. The maximum Gasteiger partial charge on any atom is 0.260 e. The average molecular weight is 278 g/mol. The molecule has 0 aliphatic carbocycles. The van der Waals surface area contributed by atoms with Crippen molar-refractivity contribution in [2.45, 2.75) is 58.7 Å². The predicted octanol–water partition coefficient (Wildman–Crippen LogP) is 2.78. The van der Waals surface area contributed by atoms with Crippen LogP contribution in [0.1, 0.15) is 52.1 Å². The van der Waals surface area contributed by atoms with E-state index in [0.29, 0.717) is 5.75 Å². The van der Waals surface area contributed by atoms with E-state index in [9.17, 15) is 4.79 Å². The van der Waals surface area contributed by atoms with Gasteiger partial charge in [-0.3, -0.25) is 4.79 Å². The topological polar surface area (TPSA) is 64.3 Å². The third kappa shape index (κ3) is 5.21. The molecule has 20 heavy (non-hydrogen) atoms. The number of nitrogens with two attached hydrogens (primary N) is 1. The van der Waals surface area contributed by atoms with E-state index in [1.807, 2.05) is 38.1 Å². The Labute approximate surface area is 121 Å². The highest BCUT2D eigenvalue weighted by atomic mass is 16.5. The zero-order valence-electron chi connectivity index (χ0n) is 12.8. The van der Waals surface area contributed by atoms with E-state index in [0.717, 1.165) is 18.4 Å². The molecule has 3 N–H and O–H groups in total. The first-order chi connectivity index (χ1) is 9.43. The number of carbonyl (C=O) groups excluding carboxylic acids is 1. The summed E-state index contributed by atoms with van der Waals surface area (Å²) >= 11 is 0. The molecule has 0 aliphatic rings. The number of amides is 1. The molecular formula is C16H26N2O2. The Balaban J connectivity index is 2.59. The molecule has 0 aromatic heterocycles. The molecular weight excluding hydrogens is 252 g/mol. The molecule has 112 valence electrons. The maximum absolute atomic E-state index is 12.0. The van der Waals surface area contributed by atoms with Crippen LogP contribution in [0.25, 0.3) is 0 Å². The Morgan fingerprint density at radius 3 is 2.65 bits per heavy atom. The lowest BCUT2D eigenvalue weighted by Crippen LogP contribution is -2.41. The molecule has 0 aliphatic heterocycles. The lowest BCUT2D eigenvalue weighted by Gasteiger charge is -2.19. The van der Waals surface area contributed by atoms with E-state index >= 15 is 0 Å². The molecule has 4 nitrogen and oxygen atoms in total. The van der Waals surface area contributed by atoms with Crippen molar-refractivity contribution in [3.05, 3.63) is 29.8 Å². The zero-order chi connectivity index (χ0) is 15.1. The smallest absolute Gasteiger partial charge is 0.260 e. The molecule has 1 rings (SSSR count). The fourth-order valence-corrected chi connectivity index (χ4v) is 1.99. The summed E-state index contributed by atoms with van der Waals surface area (Å²) < 4.78 is 5.68. The van der Waals surface area contributed by atoms with Gasteiger partial charge in [0.2, 0.25) is 0 Å². The molecule has 3 atom stereocenters. The summed E-state index contributed by atoms with van der Waals surface area (Å²) in [6.45, 7) is 7.78. The van der Waals surface area contributed by atoms with Crippen molar-refractivity contribution in [3.63, 3.8) is 0 Å². The molecule has 0 spiro atoms. The van der Waals surface area contributed by atoms with Gasteiger partial charge in [-0.1, -0.05) is 25.5 Å². The summed E-state index contributed by atoms with van der Waals surface area (Å²) in [6.07, 6.45) is 1.50. The summed E-state index contributed by atoms with van der Waals surface area (Å²) in [7, 11) is 0. The second kappa shape index (κ2) is 7.90. The van der Waals surface area contributed by atoms with Crippen LogP contribution in [0.5, 0.6) is 5.75 Å². The summed E-state index contributed by atoms with van der Waals surface area (Å²) in [4.78, 5) is 12.0. The van der Waals surface area contributed by atoms with Crippen LogP contribution in [0.4, 0.5) is 0 Å². The van der Waals surface area contributed by atoms with Gasteiger partial charge in [-0.05, 0) is 44.9 Å². The largest absolute Gasteiger partial charge is 0.481 e. The molecule has 0 heterocycles. The van der Waals surface area contributed by atoms with Crippen LogP contribution in [-0.4, -0.2) is 18.1 Å². The minimum atomic E-state index is -0.516. The van der Waals surface area contributed by atoms with Gasteiger partial charge >= 0.3 is 0 Å². The van der Waals surface area contributed by atoms with Gasteiger partial charge in [0.1, 0.15) is 5.75 Å². The molecule has 0 saturated carbocycles. The van der Waals surface area contributed by atoms with E-state index < -0.39 is 6.10 Å². The number of ether oxygens (including phenoxy) is 1. The van der Waals surface area contributed by atoms with Crippen LogP contribution in [0.3, 0.4) is 0 Å². The number of benzene rings is 1. The van der Waals surface area contributed by atoms with E-state index in [2.05, 4.69) is 12.2 Å². The SMILES string of the molecule is CCCC(C)NC(=O)C(C)Oc1cccc([C@@H](C)N)c1. The Bertz CT molecular complexity index is 432. The van der Waals surface area contributed by atoms with Crippen LogP contribution in [0, 0.1) is 0 Å². The van der Waals surface area contributed by atoms with Crippen molar-refractivity contribution in [1.82, 2.24) is 5.32 Å². The van der Waals surface area contributed by atoms with Crippen molar-refractivity contribution < 1.29 is 9.53 Å². The molecule has 0 fully saturated rings. The molecule has 4 heteroatoms. The van der Waals surface area contributed by atoms with Gasteiger partial charge in [0, 0.05) is 12.1 Å². The van der Waals surface area contributed by atoms with Crippen molar-refractivity contribution in [2.75, 3.05) is 0 Å². The van der Waals surface area contributed by atoms with Crippen LogP contribution in [-0.2, 0) is 4.79 Å². The highest BCUT2D eigenvalue weighted by Gasteiger charge is 2.16. The van der Waals surface area contributed by atoms with Gasteiger partial charge in [0.05, 0.1) is 0 Å². The van der Waals surface area contributed by atoms with Crippen LogP contribution in [0.2, 0.25) is 0 Å². The Morgan fingerprint density at radius 2 is 2.05 bits per heavy atom. The third-order valence-electron chi connectivity index (χ3n) is 3.18. The van der Waals surface area contributed by atoms with Crippen molar-refractivity contribution in [1.29, 1.82) is 0 Å². The number of carbonyl (C=O) groups is 1. The normalized spacial score (nSPS) is 15.2. The minimum Gasteiger partial charge on any atom is -0.481 e.